The molecule has 0 aliphatic carbocycles. The van der Waals surface area contributed by atoms with Crippen LogP contribution in [0.1, 0.15) is 29.2 Å². The SMILES string of the molecule is CCOc1cc(/C=C2\SC(=O)N(Cc3ccc(Cl)cc3Cl)C2=O)cc(Br)c1OCC(=O)Nc1ccc(C)cc1C. The molecular weight excluding hydrogens is 639 g/mol. The van der Waals surface area contributed by atoms with Crippen molar-refractivity contribution in [2.45, 2.75) is 27.3 Å². The van der Waals surface area contributed by atoms with Gasteiger partial charge in [-0.15, -0.1) is 0 Å². The molecule has 0 unspecified atom stereocenters. The number of hydrogen-bond donors (Lipinski definition) is 1. The van der Waals surface area contributed by atoms with Crippen LogP contribution in [-0.4, -0.2) is 35.2 Å². The van der Waals surface area contributed by atoms with Crippen LogP contribution in [0.5, 0.6) is 11.5 Å². The van der Waals surface area contributed by atoms with Crippen molar-refractivity contribution in [3.05, 3.63) is 90.2 Å². The lowest BCUT2D eigenvalue weighted by Gasteiger charge is -2.15. The third-order valence-electron chi connectivity index (χ3n) is 5.85. The van der Waals surface area contributed by atoms with Gasteiger partial charge in [0.05, 0.1) is 22.5 Å². The van der Waals surface area contributed by atoms with Crippen LogP contribution in [0.25, 0.3) is 6.08 Å². The Hall–Kier alpha value is -2.98. The van der Waals surface area contributed by atoms with E-state index < -0.39 is 11.1 Å². The summed E-state index contributed by atoms with van der Waals surface area (Å²) in [6.45, 7) is 5.87. The summed E-state index contributed by atoms with van der Waals surface area (Å²) in [4.78, 5) is 39.7. The molecule has 11 heteroatoms. The number of rotatable bonds is 9. The number of imide groups is 1. The molecule has 0 aromatic heterocycles. The number of aryl methyl sites for hydroxylation is 2. The lowest BCUT2D eigenvalue weighted by molar-refractivity contribution is -0.123. The first-order valence-electron chi connectivity index (χ1n) is 12.2. The van der Waals surface area contributed by atoms with E-state index in [4.69, 9.17) is 32.7 Å². The Morgan fingerprint density at radius 3 is 2.55 bits per heavy atom. The van der Waals surface area contributed by atoms with E-state index in [-0.39, 0.29) is 24.0 Å². The molecule has 1 saturated heterocycles. The van der Waals surface area contributed by atoms with Gasteiger partial charge >= 0.3 is 0 Å². The molecule has 1 aliphatic rings. The van der Waals surface area contributed by atoms with Crippen molar-refractivity contribution < 1.29 is 23.9 Å². The predicted octanol–water partition coefficient (Wildman–Crippen LogP) is 8.03. The van der Waals surface area contributed by atoms with Gasteiger partial charge in [-0.2, -0.15) is 0 Å². The summed E-state index contributed by atoms with van der Waals surface area (Å²) in [7, 11) is 0. The summed E-state index contributed by atoms with van der Waals surface area (Å²) >= 11 is 16.5. The number of hydrogen-bond acceptors (Lipinski definition) is 6. The van der Waals surface area contributed by atoms with E-state index >= 15 is 0 Å². The zero-order chi connectivity index (χ0) is 29.0. The number of thioether (sulfide) groups is 1. The second-order valence-corrected chi connectivity index (χ2v) is 11.6. The number of nitrogens with one attached hydrogen (secondary N) is 1. The molecule has 3 amide bonds. The van der Waals surface area contributed by atoms with Gasteiger partial charge < -0.3 is 14.8 Å². The summed E-state index contributed by atoms with van der Waals surface area (Å²) < 4.78 is 12.1. The van der Waals surface area contributed by atoms with E-state index in [9.17, 15) is 14.4 Å². The maximum absolute atomic E-state index is 13.1. The van der Waals surface area contributed by atoms with E-state index in [0.717, 1.165) is 27.8 Å². The molecular formula is C29H25BrCl2N2O5S. The molecule has 7 nitrogen and oxygen atoms in total. The molecule has 0 atom stereocenters. The molecule has 0 bridgehead atoms. The van der Waals surface area contributed by atoms with Gasteiger partial charge in [0, 0.05) is 15.7 Å². The fourth-order valence-corrected chi connectivity index (χ4v) is 5.84. The molecule has 3 aromatic carbocycles. The molecule has 208 valence electrons. The fourth-order valence-electron chi connectivity index (χ4n) is 3.96. The largest absolute Gasteiger partial charge is 0.490 e. The Balaban J connectivity index is 1.50. The van der Waals surface area contributed by atoms with Crippen LogP contribution >= 0.6 is 50.9 Å². The Morgan fingerprint density at radius 1 is 1.07 bits per heavy atom. The number of anilines is 1. The quantitative estimate of drug-likeness (QED) is 0.233. The smallest absolute Gasteiger partial charge is 0.293 e. The highest BCUT2D eigenvalue weighted by molar-refractivity contribution is 9.10. The Morgan fingerprint density at radius 2 is 1.85 bits per heavy atom. The van der Waals surface area contributed by atoms with Crippen LogP contribution in [-0.2, 0) is 16.1 Å². The van der Waals surface area contributed by atoms with Crippen LogP contribution in [0.3, 0.4) is 0 Å². The summed E-state index contributed by atoms with van der Waals surface area (Å²) in [6.07, 6.45) is 1.61. The zero-order valence-corrected chi connectivity index (χ0v) is 25.8. The highest BCUT2D eigenvalue weighted by atomic mass is 79.9. The monoisotopic (exact) mass is 662 g/mol. The number of benzene rings is 3. The van der Waals surface area contributed by atoms with Gasteiger partial charge in [0.15, 0.2) is 18.1 Å². The number of halogens is 3. The van der Waals surface area contributed by atoms with Gasteiger partial charge in [0.1, 0.15) is 0 Å². The Kier molecular flexibility index (Phi) is 9.84. The average molecular weight is 664 g/mol. The summed E-state index contributed by atoms with van der Waals surface area (Å²) in [6, 6.07) is 14.1. The van der Waals surface area contributed by atoms with Gasteiger partial charge in [-0.25, -0.2) is 0 Å². The molecule has 4 rings (SSSR count). The molecule has 1 N–H and O–H groups in total. The molecule has 1 fully saturated rings. The van der Waals surface area contributed by atoms with Crippen molar-refractivity contribution in [3.63, 3.8) is 0 Å². The molecule has 1 aliphatic heterocycles. The van der Waals surface area contributed by atoms with Crippen LogP contribution in [0, 0.1) is 13.8 Å². The first-order chi connectivity index (χ1) is 19.0. The maximum atomic E-state index is 13.1. The highest BCUT2D eigenvalue weighted by Crippen LogP contribution is 2.40. The second kappa shape index (κ2) is 13.1. The number of nitrogens with zero attached hydrogens (tertiary/aromatic N) is 1. The normalized spacial score (nSPS) is 14.2. The molecule has 0 saturated carbocycles. The minimum atomic E-state index is -0.432. The van der Waals surface area contributed by atoms with Crippen molar-refractivity contribution in [1.82, 2.24) is 4.90 Å². The zero-order valence-electron chi connectivity index (χ0n) is 21.8. The third-order valence-corrected chi connectivity index (χ3v) is 7.93. The first-order valence-corrected chi connectivity index (χ1v) is 14.6. The van der Waals surface area contributed by atoms with Crippen molar-refractivity contribution in [2.24, 2.45) is 0 Å². The lowest BCUT2D eigenvalue weighted by Crippen LogP contribution is -2.27. The van der Waals surface area contributed by atoms with E-state index in [2.05, 4.69) is 21.2 Å². The van der Waals surface area contributed by atoms with Crippen LogP contribution < -0.4 is 14.8 Å². The summed E-state index contributed by atoms with van der Waals surface area (Å²) in [5, 5.41) is 3.29. The molecule has 0 spiro atoms. The van der Waals surface area contributed by atoms with Crippen molar-refractivity contribution in [2.75, 3.05) is 18.5 Å². The first kappa shape index (κ1) is 30.0. The molecule has 40 heavy (non-hydrogen) atoms. The van der Waals surface area contributed by atoms with Crippen molar-refractivity contribution >= 4 is 79.7 Å². The van der Waals surface area contributed by atoms with Gasteiger partial charge in [-0.1, -0.05) is 47.0 Å². The minimum absolute atomic E-state index is 0.0306. The maximum Gasteiger partial charge on any atom is 0.293 e. The number of carbonyl (C=O) groups excluding carboxylic acids is 3. The van der Waals surface area contributed by atoms with Crippen molar-refractivity contribution in [3.8, 4) is 11.5 Å². The third kappa shape index (κ3) is 7.20. The summed E-state index contributed by atoms with van der Waals surface area (Å²) in [5.41, 5.74) is 3.99. The van der Waals surface area contributed by atoms with Crippen molar-refractivity contribution in [1.29, 1.82) is 0 Å². The molecule has 3 aromatic rings. The topological polar surface area (TPSA) is 84.9 Å². The summed E-state index contributed by atoms with van der Waals surface area (Å²) in [5.74, 6) is -0.0202. The number of ether oxygens (including phenoxy) is 2. The average Bonchev–Trinajstić information content (AvgIpc) is 3.14. The van der Waals surface area contributed by atoms with Crippen LogP contribution in [0.4, 0.5) is 10.5 Å². The van der Waals surface area contributed by atoms with Crippen LogP contribution in [0.15, 0.2) is 57.9 Å². The van der Waals surface area contributed by atoms with Crippen LogP contribution in [0.2, 0.25) is 10.0 Å². The minimum Gasteiger partial charge on any atom is -0.490 e. The lowest BCUT2D eigenvalue weighted by atomic mass is 10.1. The highest BCUT2D eigenvalue weighted by Gasteiger charge is 2.35. The van der Waals surface area contributed by atoms with E-state index in [1.165, 1.54) is 0 Å². The van der Waals surface area contributed by atoms with Gasteiger partial charge in [0.25, 0.3) is 17.1 Å². The fraction of sp³-hybridized carbons (Fsp3) is 0.207. The van der Waals surface area contributed by atoms with E-state index in [1.807, 2.05) is 39.0 Å². The second-order valence-electron chi connectivity index (χ2n) is 8.92. The van der Waals surface area contributed by atoms with E-state index in [1.54, 1.807) is 36.4 Å². The van der Waals surface area contributed by atoms with Gasteiger partial charge in [0.2, 0.25) is 0 Å². The standard InChI is InChI=1S/C29H25BrCl2N2O5S/c1-4-38-24-11-18(10-21(30)27(24)39-15-26(35)33-23-8-5-16(2)9-17(23)3)12-25-28(36)34(29(37)40-25)14-19-6-7-20(31)13-22(19)32/h5-13H,4,14-15H2,1-3H3,(H,33,35)/b25-12-. The predicted molar refractivity (Wildman–Crippen MR) is 163 cm³/mol. The molecule has 0 radical (unpaired) electrons. The Bertz CT molecular complexity index is 1530. The number of amides is 3. The van der Waals surface area contributed by atoms with Gasteiger partial charge in [-0.3, -0.25) is 19.3 Å². The van der Waals surface area contributed by atoms with E-state index in [0.29, 0.717) is 49.4 Å². The Labute approximate surface area is 254 Å². The number of carbonyl (C=O) groups is 3. The molecule has 1 heterocycles. The van der Waals surface area contributed by atoms with Gasteiger partial charge in [-0.05, 0) is 102 Å².